The predicted octanol–water partition coefficient (Wildman–Crippen LogP) is 5.83. The van der Waals surface area contributed by atoms with E-state index >= 15 is 0 Å². The Morgan fingerprint density at radius 1 is 0.969 bits per heavy atom. The first-order chi connectivity index (χ1) is 15.6. The van der Waals surface area contributed by atoms with Gasteiger partial charge >= 0.3 is 0 Å². The third-order valence-electron chi connectivity index (χ3n) is 4.23. The van der Waals surface area contributed by atoms with Crippen molar-refractivity contribution in [3.05, 3.63) is 94.0 Å². The number of nitrogens with one attached hydrogen (secondary N) is 1. The normalized spacial score (nSPS) is 11.1. The first-order valence-corrected chi connectivity index (χ1v) is 11.2. The highest BCUT2D eigenvalue weighted by Gasteiger charge is 2.10. The first-order valence-electron chi connectivity index (χ1n) is 9.48. The molecule has 0 unspecified atom stereocenters. The molecule has 0 saturated carbocycles. The fraction of sp³-hybridized carbons (Fsp3) is 0.0455. The minimum atomic E-state index is 0.314. The van der Waals surface area contributed by atoms with Crippen LogP contribution in [0.1, 0.15) is 11.1 Å². The number of thioether (sulfide) groups is 1. The third-order valence-corrected chi connectivity index (χ3v) is 5.98. The van der Waals surface area contributed by atoms with Gasteiger partial charge < -0.3 is 10.6 Å². The third kappa shape index (κ3) is 5.73. The topological polar surface area (TPSA) is 90.3 Å². The summed E-state index contributed by atoms with van der Waals surface area (Å²) in [6.07, 6.45) is 1.65. The summed E-state index contributed by atoms with van der Waals surface area (Å²) in [5, 5.41) is 13.9. The summed E-state index contributed by atoms with van der Waals surface area (Å²) in [5.74, 6) is 8.48. The van der Waals surface area contributed by atoms with E-state index in [1.165, 1.54) is 16.4 Å². The fourth-order valence-electron chi connectivity index (χ4n) is 2.68. The molecule has 0 amide bonds. The molecule has 0 saturated heterocycles. The molecule has 4 aromatic rings. The summed E-state index contributed by atoms with van der Waals surface area (Å²) in [6.45, 7) is 0. The maximum Gasteiger partial charge on any atom is 0.264 e. The van der Waals surface area contributed by atoms with Crippen molar-refractivity contribution in [3.8, 4) is 11.5 Å². The molecule has 4 rings (SSSR count). The van der Waals surface area contributed by atoms with Crippen molar-refractivity contribution in [2.75, 3.05) is 11.3 Å². The fourth-order valence-corrected chi connectivity index (χ4v) is 3.80. The molecule has 0 radical (unpaired) electrons. The van der Waals surface area contributed by atoms with Gasteiger partial charge in [0.25, 0.3) is 5.95 Å². The van der Waals surface area contributed by atoms with E-state index in [0.29, 0.717) is 32.7 Å². The van der Waals surface area contributed by atoms with Crippen LogP contribution in [-0.4, -0.2) is 21.1 Å². The van der Waals surface area contributed by atoms with Crippen LogP contribution in [0.15, 0.2) is 83.1 Å². The van der Waals surface area contributed by atoms with Crippen molar-refractivity contribution in [1.29, 1.82) is 0 Å². The number of hydrogen-bond acceptors (Lipinski definition) is 7. The summed E-state index contributed by atoms with van der Waals surface area (Å²) in [4.78, 5) is 0. The average molecular weight is 485 g/mol. The van der Waals surface area contributed by atoms with Gasteiger partial charge in [0.1, 0.15) is 11.5 Å². The van der Waals surface area contributed by atoms with E-state index in [4.69, 9.17) is 33.8 Å². The van der Waals surface area contributed by atoms with E-state index in [-0.39, 0.29) is 0 Å². The van der Waals surface area contributed by atoms with Gasteiger partial charge in [-0.25, -0.2) is 10.1 Å². The Kier molecular flexibility index (Phi) is 7.16. The molecule has 162 valence electrons. The second-order valence-corrected chi connectivity index (χ2v) is 8.33. The van der Waals surface area contributed by atoms with Gasteiger partial charge in [0.15, 0.2) is 0 Å². The highest BCUT2D eigenvalue weighted by molar-refractivity contribution is 7.98. The van der Waals surface area contributed by atoms with Crippen molar-refractivity contribution in [3.63, 3.8) is 0 Å². The monoisotopic (exact) mass is 484 g/mol. The van der Waals surface area contributed by atoms with Crippen molar-refractivity contribution in [1.82, 2.24) is 14.9 Å². The Morgan fingerprint density at radius 3 is 2.59 bits per heavy atom. The lowest BCUT2D eigenvalue weighted by Crippen LogP contribution is -2.13. The van der Waals surface area contributed by atoms with Gasteiger partial charge in [-0.1, -0.05) is 71.4 Å². The Bertz CT molecular complexity index is 1230. The number of aromatic nitrogens is 3. The van der Waals surface area contributed by atoms with Gasteiger partial charge in [0.05, 0.1) is 16.3 Å². The molecule has 0 atom stereocenters. The Morgan fingerprint density at radius 2 is 1.78 bits per heavy atom. The van der Waals surface area contributed by atoms with Crippen molar-refractivity contribution in [2.45, 2.75) is 10.9 Å². The van der Waals surface area contributed by atoms with Crippen molar-refractivity contribution in [2.24, 2.45) is 5.10 Å². The number of anilines is 1. The summed E-state index contributed by atoms with van der Waals surface area (Å²) < 4.78 is 7.18. The Labute approximate surface area is 199 Å². The number of benzene rings is 3. The first kappa shape index (κ1) is 22.0. The standard InChI is InChI=1S/C22H18Cl2N6OS/c23-19-10-9-16(12-20(19)24)14-32-22-29-28-21(30(22)25)27-26-13-15-5-4-8-18(11-15)31-17-6-2-1-3-7-17/h1-13H,14,25H2,(H,27,28)/b26-13+. The summed E-state index contributed by atoms with van der Waals surface area (Å²) in [6, 6.07) is 22.6. The zero-order valence-corrected chi connectivity index (χ0v) is 19.0. The predicted molar refractivity (Wildman–Crippen MR) is 130 cm³/mol. The molecular weight excluding hydrogens is 467 g/mol. The van der Waals surface area contributed by atoms with Crippen LogP contribution in [0.3, 0.4) is 0 Å². The largest absolute Gasteiger partial charge is 0.457 e. The van der Waals surface area contributed by atoms with Crippen LogP contribution >= 0.6 is 35.0 Å². The van der Waals surface area contributed by atoms with Gasteiger partial charge in [0, 0.05) is 5.75 Å². The molecule has 0 fully saturated rings. The highest BCUT2D eigenvalue weighted by atomic mass is 35.5. The van der Waals surface area contributed by atoms with Gasteiger partial charge in [-0.2, -0.15) is 5.10 Å². The van der Waals surface area contributed by atoms with E-state index in [1.807, 2.05) is 66.7 Å². The molecule has 0 aliphatic heterocycles. The molecule has 0 spiro atoms. The minimum Gasteiger partial charge on any atom is -0.457 e. The Balaban J connectivity index is 1.35. The zero-order chi connectivity index (χ0) is 22.3. The Hall–Kier alpha value is -3.20. The number of hydrazone groups is 1. The molecule has 0 aliphatic carbocycles. The number of hydrogen-bond donors (Lipinski definition) is 2. The van der Waals surface area contributed by atoms with Crippen LogP contribution in [0.4, 0.5) is 5.95 Å². The lowest BCUT2D eigenvalue weighted by molar-refractivity contribution is 0.482. The quantitative estimate of drug-likeness (QED) is 0.141. The lowest BCUT2D eigenvalue weighted by atomic mass is 10.2. The van der Waals surface area contributed by atoms with Crippen molar-refractivity contribution < 1.29 is 4.74 Å². The maximum absolute atomic E-state index is 6.08. The number of rotatable bonds is 8. The van der Waals surface area contributed by atoms with Gasteiger partial charge in [-0.15, -0.1) is 10.2 Å². The van der Waals surface area contributed by atoms with Gasteiger partial charge in [-0.3, -0.25) is 0 Å². The smallest absolute Gasteiger partial charge is 0.264 e. The van der Waals surface area contributed by atoms with E-state index in [9.17, 15) is 0 Å². The van der Waals surface area contributed by atoms with Crippen LogP contribution < -0.4 is 16.0 Å². The molecule has 1 aromatic heterocycles. The molecule has 0 aliphatic rings. The molecular formula is C22H18Cl2N6OS. The average Bonchev–Trinajstić information content (AvgIpc) is 3.15. The van der Waals surface area contributed by atoms with Crippen LogP contribution in [0.2, 0.25) is 10.0 Å². The van der Waals surface area contributed by atoms with Crippen molar-refractivity contribution >= 4 is 47.1 Å². The lowest BCUT2D eigenvalue weighted by Gasteiger charge is -2.06. The van der Waals surface area contributed by atoms with Crippen LogP contribution in [0, 0.1) is 0 Å². The van der Waals surface area contributed by atoms with Gasteiger partial charge in [-0.05, 0) is 47.5 Å². The number of halogens is 2. The molecule has 7 nitrogen and oxygen atoms in total. The van der Waals surface area contributed by atoms with Crippen LogP contribution in [-0.2, 0) is 5.75 Å². The molecule has 0 bridgehead atoms. The number of ether oxygens (including phenoxy) is 1. The molecule has 3 N–H and O–H groups in total. The van der Waals surface area contributed by atoms with Crippen LogP contribution in [0.25, 0.3) is 0 Å². The molecule has 1 heterocycles. The van der Waals surface area contributed by atoms with Crippen LogP contribution in [0.5, 0.6) is 11.5 Å². The zero-order valence-electron chi connectivity index (χ0n) is 16.7. The van der Waals surface area contributed by atoms with Gasteiger partial charge in [0.2, 0.25) is 5.16 Å². The molecule has 32 heavy (non-hydrogen) atoms. The second kappa shape index (κ2) is 10.4. The summed E-state index contributed by atoms with van der Waals surface area (Å²) in [5.41, 5.74) is 4.65. The van der Waals surface area contributed by atoms with E-state index in [0.717, 1.165) is 16.9 Å². The second-order valence-electron chi connectivity index (χ2n) is 6.57. The SMILES string of the molecule is Nn1c(N/N=C/c2cccc(Oc3ccccc3)c2)nnc1SCc1ccc(Cl)c(Cl)c1. The number of nitrogens with zero attached hydrogens (tertiary/aromatic N) is 4. The number of nitrogens with two attached hydrogens (primary N) is 1. The molecule has 10 heteroatoms. The highest BCUT2D eigenvalue weighted by Crippen LogP contribution is 2.27. The number of nitrogen functional groups attached to an aromatic ring is 1. The number of para-hydroxylation sites is 1. The maximum atomic E-state index is 6.08. The molecule has 3 aromatic carbocycles. The summed E-state index contributed by atoms with van der Waals surface area (Å²) >= 11 is 13.4. The van der Waals surface area contributed by atoms with E-state index < -0.39 is 0 Å². The summed E-state index contributed by atoms with van der Waals surface area (Å²) in [7, 11) is 0. The minimum absolute atomic E-state index is 0.314. The van der Waals surface area contributed by atoms with E-state index in [1.54, 1.807) is 12.3 Å². The van der Waals surface area contributed by atoms with E-state index in [2.05, 4.69) is 20.7 Å².